The lowest BCUT2D eigenvalue weighted by atomic mass is 10.1. The number of hydrazone groups is 1. The third-order valence-corrected chi connectivity index (χ3v) is 8.24. The molecule has 2 aliphatic heterocycles. The fourth-order valence-electron chi connectivity index (χ4n) is 4.41. The highest BCUT2D eigenvalue weighted by Gasteiger charge is 2.35. The summed E-state index contributed by atoms with van der Waals surface area (Å²) in [4.78, 5) is 32.7. The Morgan fingerprint density at radius 3 is 2.56 bits per heavy atom. The predicted molar refractivity (Wildman–Crippen MR) is 139 cm³/mol. The van der Waals surface area contributed by atoms with Gasteiger partial charge in [0.05, 0.1) is 35.4 Å². The maximum Gasteiger partial charge on any atom is 0.262 e. The van der Waals surface area contributed by atoms with Crippen LogP contribution in [0.1, 0.15) is 32.6 Å². The number of halogens is 1. The monoisotopic (exact) mass is 526 g/mol. The topological polar surface area (TPSA) is 65.5 Å². The van der Waals surface area contributed by atoms with Gasteiger partial charge in [0.25, 0.3) is 11.8 Å². The summed E-state index contributed by atoms with van der Waals surface area (Å²) >= 11 is 3.17. The predicted octanol–water partition coefficient (Wildman–Crippen LogP) is 4.10. The van der Waals surface area contributed by atoms with Gasteiger partial charge in [-0.1, -0.05) is 24.3 Å². The van der Waals surface area contributed by atoms with E-state index in [1.807, 2.05) is 35.0 Å². The summed E-state index contributed by atoms with van der Waals surface area (Å²) in [6.07, 6.45) is 0.613. The van der Waals surface area contributed by atoms with E-state index in [2.05, 4.69) is 4.90 Å². The highest BCUT2D eigenvalue weighted by atomic mass is 32.1. The number of ether oxygens (including phenoxy) is 1. The number of carbonyl (C=O) groups is 2. The van der Waals surface area contributed by atoms with Crippen LogP contribution in [0.3, 0.4) is 0 Å². The number of carbonyl (C=O) groups excluding carboxylic acids is 2. The molecule has 0 bridgehead atoms. The van der Waals surface area contributed by atoms with E-state index in [0.29, 0.717) is 32.7 Å². The molecular weight excluding hydrogens is 499 g/mol. The smallest absolute Gasteiger partial charge is 0.262 e. The molecule has 2 aliphatic rings. The van der Waals surface area contributed by atoms with Gasteiger partial charge in [-0.2, -0.15) is 5.10 Å². The Morgan fingerprint density at radius 2 is 1.83 bits per heavy atom. The van der Waals surface area contributed by atoms with E-state index in [0.717, 1.165) is 28.6 Å². The van der Waals surface area contributed by atoms with Crippen molar-refractivity contribution < 1.29 is 18.7 Å². The number of amides is 2. The van der Waals surface area contributed by atoms with Gasteiger partial charge in [-0.05, 0) is 35.0 Å². The standard InChI is InChI=1S/C26H27FN4O3S2/c27-20-6-2-1-5-19(20)26(33)30(10-9-29-11-13-34-14-12-29)18-25(32)31-22(24-8-4-16-36-24)17-21(28-31)23-7-3-15-35-23/h1-8,15-16,22H,9-14,17-18H2/t22-/m1/s1. The quantitative estimate of drug-likeness (QED) is 0.443. The maximum absolute atomic E-state index is 14.5. The molecule has 3 aromatic rings. The molecular formula is C26H27FN4O3S2. The second-order valence-electron chi connectivity index (χ2n) is 8.66. The van der Waals surface area contributed by atoms with Crippen LogP contribution in [0, 0.1) is 5.82 Å². The van der Waals surface area contributed by atoms with Crippen molar-refractivity contribution in [3.8, 4) is 0 Å². The van der Waals surface area contributed by atoms with Crippen LogP contribution in [0.5, 0.6) is 0 Å². The number of hydrogen-bond acceptors (Lipinski definition) is 7. The van der Waals surface area contributed by atoms with Gasteiger partial charge in [-0.3, -0.25) is 14.5 Å². The number of benzene rings is 1. The van der Waals surface area contributed by atoms with Crippen molar-refractivity contribution in [2.24, 2.45) is 5.10 Å². The molecule has 5 rings (SSSR count). The third-order valence-electron chi connectivity index (χ3n) is 6.35. The lowest BCUT2D eigenvalue weighted by Crippen LogP contribution is -2.46. The van der Waals surface area contributed by atoms with E-state index in [4.69, 9.17) is 9.84 Å². The summed E-state index contributed by atoms with van der Waals surface area (Å²) in [7, 11) is 0. The van der Waals surface area contributed by atoms with E-state index in [1.165, 1.54) is 22.0 Å². The second-order valence-corrected chi connectivity index (χ2v) is 10.6. The third kappa shape index (κ3) is 5.57. The van der Waals surface area contributed by atoms with Crippen LogP contribution in [0.15, 0.2) is 64.4 Å². The van der Waals surface area contributed by atoms with Crippen LogP contribution in [0.4, 0.5) is 4.39 Å². The summed E-state index contributed by atoms with van der Waals surface area (Å²) < 4.78 is 19.9. The van der Waals surface area contributed by atoms with Crippen LogP contribution in [0.2, 0.25) is 0 Å². The molecule has 1 fully saturated rings. The lowest BCUT2D eigenvalue weighted by Gasteiger charge is -2.31. The molecule has 0 saturated carbocycles. The van der Waals surface area contributed by atoms with Gasteiger partial charge >= 0.3 is 0 Å². The molecule has 188 valence electrons. The maximum atomic E-state index is 14.5. The first-order chi connectivity index (χ1) is 17.6. The molecule has 2 aromatic heterocycles. The lowest BCUT2D eigenvalue weighted by molar-refractivity contribution is -0.133. The van der Waals surface area contributed by atoms with Gasteiger partial charge in [0.15, 0.2) is 0 Å². The van der Waals surface area contributed by atoms with E-state index in [1.54, 1.807) is 34.8 Å². The Kier molecular flexibility index (Phi) is 7.86. The first kappa shape index (κ1) is 24.8. The van der Waals surface area contributed by atoms with Crippen LogP contribution in [-0.2, 0) is 9.53 Å². The van der Waals surface area contributed by atoms with Crippen molar-refractivity contribution in [3.05, 3.63) is 80.4 Å². The Morgan fingerprint density at radius 1 is 1.06 bits per heavy atom. The van der Waals surface area contributed by atoms with Crippen molar-refractivity contribution in [3.63, 3.8) is 0 Å². The summed E-state index contributed by atoms with van der Waals surface area (Å²) in [5.41, 5.74) is 0.823. The Bertz CT molecular complexity index is 1210. The van der Waals surface area contributed by atoms with E-state index in [9.17, 15) is 14.0 Å². The highest BCUT2D eigenvalue weighted by Crippen LogP contribution is 2.36. The van der Waals surface area contributed by atoms with Crippen molar-refractivity contribution in [1.29, 1.82) is 0 Å². The molecule has 0 aliphatic carbocycles. The van der Waals surface area contributed by atoms with Gasteiger partial charge in [-0.25, -0.2) is 9.40 Å². The molecule has 4 heterocycles. The minimum Gasteiger partial charge on any atom is -0.379 e. The van der Waals surface area contributed by atoms with Crippen molar-refractivity contribution in [1.82, 2.24) is 14.8 Å². The zero-order valence-corrected chi connectivity index (χ0v) is 21.3. The molecule has 0 spiro atoms. The molecule has 0 unspecified atom stereocenters. The van der Waals surface area contributed by atoms with Gasteiger partial charge in [-0.15, -0.1) is 22.7 Å². The highest BCUT2D eigenvalue weighted by molar-refractivity contribution is 7.12. The number of hydrogen-bond donors (Lipinski definition) is 0. The average Bonchev–Trinajstić information content (AvgIpc) is 3.68. The summed E-state index contributed by atoms with van der Waals surface area (Å²) in [5, 5.41) is 10.2. The zero-order valence-electron chi connectivity index (χ0n) is 19.7. The fraction of sp³-hybridized carbons (Fsp3) is 0.346. The molecule has 1 saturated heterocycles. The molecule has 10 heteroatoms. The summed E-state index contributed by atoms with van der Waals surface area (Å²) in [6, 6.07) is 13.6. The average molecular weight is 527 g/mol. The van der Waals surface area contributed by atoms with Gasteiger partial charge < -0.3 is 9.64 Å². The normalized spacial score (nSPS) is 18.3. The van der Waals surface area contributed by atoms with Gasteiger partial charge in [0, 0.05) is 37.5 Å². The van der Waals surface area contributed by atoms with Crippen molar-refractivity contribution in [2.45, 2.75) is 12.5 Å². The van der Waals surface area contributed by atoms with Crippen LogP contribution < -0.4 is 0 Å². The number of rotatable bonds is 8. The van der Waals surface area contributed by atoms with E-state index >= 15 is 0 Å². The minimum absolute atomic E-state index is 0.0358. The molecule has 1 aromatic carbocycles. The van der Waals surface area contributed by atoms with E-state index < -0.39 is 11.7 Å². The molecule has 7 nitrogen and oxygen atoms in total. The van der Waals surface area contributed by atoms with Crippen molar-refractivity contribution >= 4 is 40.2 Å². The summed E-state index contributed by atoms with van der Waals surface area (Å²) in [5.74, 6) is -1.38. The first-order valence-corrected chi connectivity index (χ1v) is 13.7. The van der Waals surface area contributed by atoms with Gasteiger partial charge in [0.2, 0.25) is 0 Å². The molecule has 1 atom stereocenters. The first-order valence-electron chi connectivity index (χ1n) is 11.9. The Hall–Kier alpha value is -2.92. The Balaban J connectivity index is 1.38. The minimum atomic E-state index is -0.595. The van der Waals surface area contributed by atoms with Crippen LogP contribution >= 0.6 is 22.7 Å². The van der Waals surface area contributed by atoms with Gasteiger partial charge in [0.1, 0.15) is 12.4 Å². The largest absolute Gasteiger partial charge is 0.379 e. The number of nitrogens with zero attached hydrogens (tertiary/aromatic N) is 4. The van der Waals surface area contributed by atoms with Crippen LogP contribution in [0.25, 0.3) is 0 Å². The van der Waals surface area contributed by atoms with Crippen LogP contribution in [-0.4, -0.2) is 78.3 Å². The number of thiophene rings is 2. The summed E-state index contributed by atoms with van der Waals surface area (Å²) in [6.45, 7) is 3.49. The van der Waals surface area contributed by atoms with E-state index in [-0.39, 0.29) is 24.1 Å². The molecule has 0 N–H and O–H groups in total. The SMILES string of the molecule is O=C(c1ccccc1F)N(CCN1CCOCC1)CC(=O)N1N=C(c2cccs2)C[C@@H]1c1cccs1. The Labute approximate surface area is 217 Å². The molecule has 36 heavy (non-hydrogen) atoms. The second kappa shape index (κ2) is 11.4. The van der Waals surface area contributed by atoms with Crippen molar-refractivity contribution in [2.75, 3.05) is 45.9 Å². The molecule has 2 amide bonds. The zero-order chi connectivity index (χ0) is 24.9. The number of morpholine rings is 1. The molecule has 0 radical (unpaired) electrons. The fourth-order valence-corrected chi connectivity index (χ4v) is 5.95.